The zero-order valence-electron chi connectivity index (χ0n) is 15.8. The van der Waals surface area contributed by atoms with Crippen LogP contribution >= 0.6 is 11.8 Å². The van der Waals surface area contributed by atoms with Crippen LogP contribution in [0.3, 0.4) is 0 Å². The molecule has 1 aromatic heterocycles. The van der Waals surface area contributed by atoms with E-state index >= 15 is 0 Å². The lowest BCUT2D eigenvalue weighted by Crippen LogP contribution is -2.28. The fourth-order valence-electron chi connectivity index (χ4n) is 2.52. The summed E-state index contributed by atoms with van der Waals surface area (Å²) in [6.07, 6.45) is 1.99. The number of carbonyl (C=O) groups excluding carboxylic acids is 3. The van der Waals surface area contributed by atoms with Crippen molar-refractivity contribution in [2.45, 2.75) is 37.4 Å². The first-order valence-electron chi connectivity index (χ1n) is 9.07. The molecule has 0 spiro atoms. The number of carbonyl (C=O) groups is 3. The molecule has 2 aromatic rings. The maximum atomic E-state index is 12.2. The van der Waals surface area contributed by atoms with Crippen molar-refractivity contribution in [2.75, 3.05) is 16.4 Å². The summed E-state index contributed by atoms with van der Waals surface area (Å²) in [5.74, 6) is -0.650. The summed E-state index contributed by atoms with van der Waals surface area (Å²) in [6, 6.07) is 8.29. The highest BCUT2D eigenvalue weighted by atomic mass is 32.2. The molecule has 1 aliphatic carbocycles. The molecular weight excluding hydrogens is 394 g/mol. The third kappa shape index (κ3) is 7.07. The normalized spacial score (nSPS) is 12.9. The zero-order valence-corrected chi connectivity index (χ0v) is 16.6. The van der Waals surface area contributed by atoms with Gasteiger partial charge in [0.25, 0.3) is 5.56 Å². The lowest BCUT2D eigenvalue weighted by Gasteiger charge is -2.08. The summed E-state index contributed by atoms with van der Waals surface area (Å²) in [7, 11) is 0. The van der Waals surface area contributed by atoms with Crippen molar-refractivity contribution in [1.82, 2.24) is 15.3 Å². The topological polar surface area (TPSA) is 133 Å². The highest BCUT2D eigenvalue weighted by molar-refractivity contribution is 7.99. The second-order valence-electron chi connectivity index (χ2n) is 6.66. The minimum Gasteiger partial charge on any atom is -0.353 e. The van der Waals surface area contributed by atoms with E-state index in [1.54, 1.807) is 24.3 Å². The maximum Gasteiger partial charge on any atom is 0.251 e. The number of aromatic amines is 1. The first-order chi connectivity index (χ1) is 13.9. The molecule has 3 rings (SSSR count). The van der Waals surface area contributed by atoms with E-state index in [0.29, 0.717) is 17.1 Å². The fourth-order valence-corrected chi connectivity index (χ4v) is 3.22. The SMILES string of the molecule is CC(=O)Nc1cccc(NC(=O)CSc2nc(CC(=O)NC3CC3)cc(=O)[nH]2)c1. The predicted molar refractivity (Wildman–Crippen MR) is 110 cm³/mol. The number of thioether (sulfide) groups is 1. The van der Waals surface area contributed by atoms with Crippen LogP contribution in [0.5, 0.6) is 0 Å². The summed E-state index contributed by atoms with van der Waals surface area (Å²) in [4.78, 5) is 53.8. The van der Waals surface area contributed by atoms with Gasteiger partial charge in [-0.3, -0.25) is 19.2 Å². The number of H-pyrrole nitrogens is 1. The van der Waals surface area contributed by atoms with Crippen molar-refractivity contribution in [3.8, 4) is 0 Å². The summed E-state index contributed by atoms with van der Waals surface area (Å²) in [5, 5.41) is 8.48. The van der Waals surface area contributed by atoms with Gasteiger partial charge in [-0.1, -0.05) is 17.8 Å². The molecule has 1 aliphatic rings. The van der Waals surface area contributed by atoms with E-state index in [2.05, 4.69) is 25.9 Å². The number of hydrogen-bond acceptors (Lipinski definition) is 6. The molecule has 1 aromatic carbocycles. The van der Waals surface area contributed by atoms with Gasteiger partial charge in [0.05, 0.1) is 17.9 Å². The van der Waals surface area contributed by atoms with E-state index in [4.69, 9.17) is 0 Å². The lowest BCUT2D eigenvalue weighted by molar-refractivity contribution is -0.120. The number of hydrogen-bond donors (Lipinski definition) is 4. The Balaban J connectivity index is 1.54. The van der Waals surface area contributed by atoms with E-state index in [1.165, 1.54) is 13.0 Å². The summed E-state index contributed by atoms with van der Waals surface area (Å²) < 4.78 is 0. The van der Waals surface area contributed by atoms with Crippen LogP contribution in [0.15, 0.2) is 40.3 Å². The quantitative estimate of drug-likeness (QED) is 0.379. The van der Waals surface area contributed by atoms with Gasteiger partial charge in [-0.25, -0.2) is 4.98 Å². The van der Waals surface area contributed by atoms with E-state index in [1.807, 2.05) is 0 Å². The molecule has 29 heavy (non-hydrogen) atoms. The predicted octanol–water partition coefficient (Wildman–Crippen LogP) is 1.28. The van der Waals surface area contributed by atoms with Gasteiger partial charge in [-0.15, -0.1) is 0 Å². The standard InChI is InChI=1S/C19H21N5O4S/c1-11(25)20-13-3-2-4-14(7-13)22-18(28)10-29-19-23-15(9-17(27)24-19)8-16(26)21-12-5-6-12/h2-4,7,9,12H,5-6,8,10H2,1H3,(H,20,25)(H,21,26)(H,22,28)(H,23,24,27). The van der Waals surface area contributed by atoms with Crippen molar-refractivity contribution >= 4 is 40.9 Å². The second-order valence-corrected chi connectivity index (χ2v) is 7.62. The van der Waals surface area contributed by atoms with Crippen molar-refractivity contribution in [2.24, 2.45) is 0 Å². The third-order valence-electron chi connectivity index (χ3n) is 3.86. The first kappa shape index (κ1) is 20.6. The molecule has 1 fully saturated rings. The molecule has 1 saturated carbocycles. The number of benzene rings is 1. The molecule has 0 bridgehead atoms. The molecule has 0 aliphatic heterocycles. The van der Waals surface area contributed by atoms with Crippen LogP contribution in [0.25, 0.3) is 0 Å². The van der Waals surface area contributed by atoms with Gasteiger partial charge in [0.2, 0.25) is 17.7 Å². The molecule has 1 heterocycles. The highest BCUT2D eigenvalue weighted by Gasteiger charge is 2.23. The van der Waals surface area contributed by atoms with Gasteiger partial charge in [0.1, 0.15) is 0 Å². The molecule has 152 valence electrons. The van der Waals surface area contributed by atoms with Gasteiger partial charge >= 0.3 is 0 Å². The minimum absolute atomic E-state index is 0.0189. The van der Waals surface area contributed by atoms with E-state index in [9.17, 15) is 19.2 Å². The summed E-state index contributed by atoms with van der Waals surface area (Å²) in [5.41, 5.74) is 1.10. The Morgan fingerprint density at radius 2 is 1.86 bits per heavy atom. The minimum atomic E-state index is -0.375. The average Bonchev–Trinajstić information content (AvgIpc) is 3.43. The van der Waals surface area contributed by atoms with Crippen molar-refractivity contribution < 1.29 is 14.4 Å². The van der Waals surface area contributed by atoms with Crippen LogP contribution in [0, 0.1) is 0 Å². The average molecular weight is 415 g/mol. The number of nitrogens with zero attached hydrogens (tertiary/aromatic N) is 1. The van der Waals surface area contributed by atoms with Crippen LogP contribution in [0.4, 0.5) is 11.4 Å². The number of rotatable bonds is 8. The lowest BCUT2D eigenvalue weighted by atomic mass is 10.2. The molecular formula is C19H21N5O4S. The number of anilines is 2. The van der Waals surface area contributed by atoms with E-state index in [0.717, 1.165) is 24.6 Å². The molecule has 4 N–H and O–H groups in total. The molecule has 9 nitrogen and oxygen atoms in total. The molecule has 3 amide bonds. The number of nitrogens with one attached hydrogen (secondary N) is 4. The zero-order chi connectivity index (χ0) is 20.8. The Kier molecular flexibility index (Phi) is 6.65. The number of amides is 3. The Morgan fingerprint density at radius 3 is 2.55 bits per heavy atom. The van der Waals surface area contributed by atoms with E-state index in [-0.39, 0.29) is 46.7 Å². The van der Waals surface area contributed by atoms with Crippen LogP contribution in [-0.2, 0) is 20.8 Å². The van der Waals surface area contributed by atoms with Gasteiger partial charge < -0.3 is 20.9 Å². The molecule has 10 heteroatoms. The monoisotopic (exact) mass is 415 g/mol. The molecule has 0 saturated heterocycles. The van der Waals surface area contributed by atoms with Gasteiger partial charge in [-0.05, 0) is 31.0 Å². The fraction of sp³-hybridized carbons (Fsp3) is 0.316. The van der Waals surface area contributed by atoms with Gasteiger partial charge in [0, 0.05) is 30.4 Å². The van der Waals surface area contributed by atoms with Crippen LogP contribution in [-0.4, -0.2) is 39.5 Å². The van der Waals surface area contributed by atoms with Gasteiger partial charge in [0.15, 0.2) is 5.16 Å². The van der Waals surface area contributed by atoms with Crippen LogP contribution in [0.1, 0.15) is 25.5 Å². The van der Waals surface area contributed by atoms with E-state index < -0.39 is 0 Å². The third-order valence-corrected chi connectivity index (χ3v) is 4.74. The Hall–Kier alpha value is -3.14. The Bertz CT molecular complexity index is 987. The second kappa shape index (κ2) is 9.37. The van der Waals surface area contributed by atoms with Gasteiger partial charge in [-0.2, -0.15) is 0 Å². The first-order valence-corrected chi connectivity index (χ1v) is 10.1. The van der Waals surface area contributed by atoms with Crippen molar-refractivity contribution in [3.63, 3.8) is 0 Å². The van der Waals surface area contributed by atoms with Crippen LogP contribution < -0.4 is 21.5 Å². The summed E-state index contributed by atoms with van der Waals surface area (Å²) >= 11 is 1.06. The largest absolute Gasteiger partial charge is 0.353 e. The van der Waals surface area contributed by atoms with Crippen LogP contribution in [0.2, 0.25) is 0 Å². The number of aromatic nitrogens is 2. The molecule has 0 unspecified atom stereocenters. The van der Waals surface area contributed by atoms with Crippen molar-refractivity contribution in [1.29, 1.82) is 0 Å². The van der Waals surface area contributed by atoms with Crippen molar-refractivity contribution in [3.05, 3.63) is 46.4 Å². The Labute approximate surface area is 171 Å². The maximum absolute atomic E-state index is 12.2. The smallest absolute Gasteiger partial charge is 0.251 e. The summed E-state index contributed by atoms with van der Waals surface area (Å²) in [6.45, 7) is 1.40. The molecule has 0 atom stereocenters. The highest BCUT2D eigenvalue weighted by Crippen LogP contribution is 2.19. The molecule has 0 radical (unpaired) electrons. The Morgan fingerprint density at radius 1 is 1.14 bits per heavy atom.